The van der Waals surface area contributed by atoms with Crippen LogP contribution in [0.15, 0.2) is 4.99 Å². The van der Waals surface area contributed by atoms with Gasteiger partial charge in [-0.25, -0.2) is 4.99 Å². The highest BCUT2D eigenvalue weighted by molar-refractivity contribution is 14.0. The van der Waals surface area contributed by atoms with Crippen LogP contribution in [0.1, 0.15) is 32.6 Å². The highest BCUT2D eigenvalue weighted by atomic mass is 127. The minimum absolute atomic E-state index is 0. The minimum atomic E-state index is -4.39. The fourth-order valence-corrected chi connectivity index (χ4v) is 3.73. The summed E-state index contributed by atoms with van der Waals surface area (Å²) in [5, 5.41) is 3.16. The van der Waals surface area contributed by atoms with Crippen LogP contribution in [0.3, 0.4) is 0 Å². The van der Waals surface area contributed by atoms with Crippen molar-refractivity contribution in [2.75, 3.05) is 59.4 Å². The summed E-state index contributed by atoms with van der Waals surface area (Å²) in [6, 6.07) is 0. The van der Waals surface area contributed by atoms with Gasteiger partial charge in [0.05, 0.1) is 0 Å². The summed E-state index contributed by atoms with van der Waals surface area (Å²) in [7, 11) is 1.16. The molecule has 1 unspecified atom stereocenters. The second-order valence-electron chi connectivity index (χ2n) is 7.50. The van der Waals surface area contributed by atoms with Crippen LogP contribution in [-0.2, 0) is 4.79 Å². The molecule has 0 saturated carbocycles. The zero-order valence-corrected chi connectivity index (χ0v) is 19.1. The van der Waals surface area contributed by atoms with Crippen LogP contribution in [0, 0.1) is 5.92 Å². The first-order valence-electron chi connectivity index (χ1n) is 9.85. The number of nitrogens with zero attached hydrogens (tertiary/aromatic N) is 4. The van der Waals surface area contributed by atoms with Gasteiger partial charge in [-0.15, -0.1) is 24.0 Å². The standard InChI is InChI=1S/C18H32F3N5O.HI/c1-3-22-17(23-11-16(27)24(2)14-18(19,20)21)26-10-7-15(13-26)12-25-8-5-4-6-9-25;/h15H,3-14H2,1-2H3,(H,22,23);1H. The van der Waals surface area contributed by atoms with Gasteiger partial charge in [0.1, 0.15) is 13.1 Å². The molecule has 2 fully saturated rings. The number of carbonyl (C=O) groups excluding carboxylic acids is 1. The maximum atomic E-state index is 12.4. The van der Waals surface area contributed by atoms with Crippen molar-refractivity contribution in [2.24, 2.45) is 10.9 Å². The lowest BCUT2D eigenvalue weighted by Gasteiger charge is -2.29. The van der Waals surface area contributed by atoms with Crippen molar-refractivity contribution in [3.8, 4) is 0 Å². The molecule has 164 valence electrons. The van der Waals surface area contributed by atoms with Gasteiger partial charge in [-0.05, 0) is 45.2 Å². The van der Waals surface area contributed by atoms with Crippen LogP contribution < -0.4 is 5.32 Å². The number of carbonyl (C=O) groups is 1. The minimum Gasteiger partial charge on any atom is -0.357 e. The summed E-state index contributed by atoms with van der Waals surface area (Å²) in [4.78, 5) is 21.5. The number of hydrogen-bond donors (Lipinski definition) is 1. The van der Waals surface area contributed by atoms with E-state index in [1.54, 1.807) is 0 Å². The number of nitrogens with one attached hydrogen (secondary N) is 1. The van der Waals surface area contributed by atoms with Crippen LogP contribution in [0.5, 0.6) is 0 Å². The molecule has 28 heavy (non-hydrogen) atoms. The average molecular weight is 519 g/mol. The molecular formula is C18H33F3IN5O. The van der Waals surface area contributed by atoms with E-state index in [1.807, 2.05) is 6.92 Å². The van der Waals surface area contributed by atoms with E-state index in [1.165, 1.54) is 32.4 Å². The van der Waals surface area contributed by atoms with E-state index >= 15 is 0 Å². The molecule has 0 spiro atoms. The Kier molecular flexibility index (Phi) is 10.9. The zero-order chi connectivity index (χ0) is 19.9. The Morgan fingerprint density at radius 3 is 2.50 bits per heavy atom. The predicted molar refractivity (Wildman–Crippen MR) is 115 cm³/mol. The first kappa shape index (κ1) is 25.3. The second-order valence-corrected chi connectivity index (χ2v) is 7.50. The van der Waals surface area contributed by atoms with Gasteiger partial charge in [0.15, 0.2) is 5.96 Å². The number of aliphatic imine (C=N–C) groups is 1. The number of rotatable bonds is 6. The van der Waals surface area contributed by atoms with Crippen LogP contribution in [0.25, 0.3) is 0 Å². The molecule has 2 aliphatic rings. The van der Waals surface area contributed by atoms with Gasteiger partial charge < -0.3 is 20.0 Å². The van der Waals surface area contributed by atoms with Gasteiger partial charge in [0.25, 0.3) is 0 Å². The molecule has 1 amide bonds. The van der Waals surface area contributed by atoms with E-state index in [2.05, 4.69) is 20.1 Å². The van der Waals surface area contributed by atoms with E-state index < -0.39 is 18.6 Å². The molecule has 0 bridgehead atoms. The normalized spacial score (nSPS) is 21.4. The van der Waals surface area contributed by atoms with Gasteiger partial charge in [-0.2, -0.15) is 13.2 Å². The highest BCUT2D eigenvalue weighted by Crippen LogP contribution is 2.20. The van der Waals surface area contributed by atoms with Crippen molar-refractivity contribution in [3.05, 3.63) is 0 Å². The monoisotopic (exact) mass is 519 g/mol. The number of likely N-dealkylation sites (N-methyl/N-ethyl adjacent to an activating group) is 1. The number of likely N-dealkylation sites (tertiary alicyclic amines) is 2. The van der Waals surface area contributed by atoms with E-state index in [4.69, 9.17) is 0 Å². The molecule has 0 aromatic heterocycles. The molecule has 2 aliphatic heterocycles. The van der Waals surface area contributed by atoms with Gasteiger partial charge in [0, 0.05) is 33.2 Å². The topological polar surface area (TPSA) is 51.2 Å². The zero-order valence-electron chi connectivity index (χ0n) is 16.8. The number of piperidine rings is 1. The molecule has 0 radical (unpaired) electrons. The van der Waals surface area contributed by atoms with Crippen molar-refractivity contribution >= 4 is 35.8 Å². The molecular weight excluding hydrogens is 486 g/mol. The molecule has 1 N–H and O–H groups in total. The number of guanidine groups is 1. The van der Waals surface area contributed by atoms with Gasteiger partial charge >= 0.3 is 6.18 Å². The number of alkyl halides is 3. The third kappa shape index (κ3) is 8.71. The SMILES string of the molecule is CCNC(=NCC(=O)N(C)CC(F)(F)F)N1CCC(CN2CCCCC2)C1.I. The quantitative estimate of drug-likeness (QED) is 0.333. The fourth-order valence-electron chi connectivity index (χ4n) is 3.73. The van der Waals surface area contributed by atoms with Crippen LogP contribution in [0.4, 0.5) is 13.2 Å². The molecule has 2 heterocycles. The van der Waals surface area contributed by atoms with Crippen molar-refractivity contribution in [1.29, 1.82) is 0 Å². The van der Waals surface area contributed by atoms with Crippen molar-refractivity contribution in [1.82, 2.24) is 20.0 Å². The summed E-state index contributed by atoms with van der Waals surface area (Å²) < 4.78 is 37.2. The lowest BCUT2D eigenvalue weighted by molar-refractivity contribution is -0.157. The average Bonchev–Trinajstić information content (AvgIpc) is 3.06. The van der Waals surface area contributed by atoms with Gasteiger partial charge in [-0.3, -0.25) is 4.79 Å². The van der Waals surface area contributed by atoms with Gasteiger partial charge in [-0.1, -0.05) is 6.42 Å². The van der Waals surface area contributed by atoms with E-state index in [0.29, 0.717) is 23.3 Å². The van der Waals surface area contributed by atoms with Crippen molar-refractivity contribution in [3.63, 3.8) is 0 Å². The van der Waals surface area contributed by atoms with Crippen LogP contribution >= 0.6 is 24.0 Å². The first-order chi connectivity index (χ1) is 12.8. The van der Waals surface area contributed by atoms with Crippen LogP contribution in [0.2, 0.25) is 0 Å². The van der Waals surface area contributed by atoms with Gasteiger partial charge in [0.2, 0.25) is 5.91 Å². The van der Waals surface area contributed by atoms with E-state index in [9.17, 15) is 18.0 Å². The maximum Gasteiger partial charge on any atom is 0.406 e. The van der Waals surface area contributed by atoms with Crippen molar-refractivity contribution in [2.45, 2.75) is 38.8 Å². The Morgan fingerprint density at radius 1 is 1.21 bits per heavy atom. The van der Waals surface area contributed by atoms with E-state index in [0.717, 1.165) is 33.1 Å². The molecule has 0 aliphatic carbocycles. The van der Waals surface area contributed by atoms with Crippen molar-refractivity contribution < 1.29 is 18.0 Å². The third-order valence-corrected chi connectivity index (χ3v) is 5.09. The number of halogens is 4. The fraction of sp³-hybridized carbons (Fsp3) is 0.889. The predicted octanol–water partition coefficient (Wildman–Crippen LogP) is 2.40. The Bertz CT molecular complexity index is 512. The van der Waals surface area contributed by atoms with Crippen LogP contribution in [-0.4, -0.2) is 92.1 Å². The Labute approximate surface area is 182 Å². The molecule has 2 saturated heterocycles. The second kappa shape index (κ2) is 12.0. The summed E-state index contributed by atoms with van der Waals surface area (Å²) >= 11 is 0. The molecule has 6 nitrogen and oxygen atoms in total. The Balaban J connectivity index is 0.00000392. The number of amides is 1. The lowest BCUT2D eigenvalue weighted by Crippen LogP contribution is -2.42. The van der Waals surface area contributed by atoms with E-state index in [-0.39, 0.29) is 30.5 Å². The Hall–Kier alpha value is -0.780. The molecule has 0 aromatic carbocycles. The largest absolute Gasteiger partial charge is 0.406 e. The summed E-state index contributed by atoms with van der Waals surface area (Å²) in [6.07, 6.45) is 0.543. The summed E-state index contributed by atoms with van der Waals surface area (Å²) in [5.41, 5.74) is 0. The third-order valence-electron chi connectivity index (χ3n) is 5.09. The summed E-state index contributed by atoms with van der Waals surface area (Å²) in [6.45, 7) is 6.22. The smallest absolute Gasteiger partial charge is 0.357 e. The molecule has 2 rings (SSSR count). The number of hydrogen-bond acceptors (Lipinski definition) is 3. The summed E-state index contributed by atoms with van der Waals surface area (Å²) in [5.74, 6) is 0.551. The highest BCUT2D eigenvalue weighted by Gasteiger charge is 2.31. The Morgan fingerprint density at radius 2 is 1.89 bits per heavy atom. The first-order valence-corrected chi connectivity index (χ1v) is 9.85. The molecule has 10 heteroatoms. The lowest BCUT2D eigenvalue weighted by atomic mass is 10.1. The molecule has 0 aromatic rings. The maximum absolute atomic E-state index is 12.4. The molecule has 1 atom stereocenters.